The van der Waals surface area contributed by atoms with Crippen molar-refractivity contribution in [2.45, 2.75) is 19.9 Å². The lowest BCUT2D eigenvalue weighted by Gasteiger charge is -2.30. The minimum atomic E-state index is -0.603. The highest BCUT2D eigenvalue weighted by molar-refractivity contribution is 5.53. The number of non-ortho nitro benzene ring substituents is 1. The number of halogens is 1. The minimum Gasteiger partial charge on any atom is -0.363 e. The predicted molar refractivity (Wildman–Crippen MR) is 78.7 cm³/mol. The fourth-order valence-electron chi connectivity index (χ4n) is 2.30. The van der Waals surface area contributed by atoms with E-state index >= 15 is 0 Å². The molecule has 0 spiro atoms. The molecule has 0 radical (unpaired) electrons. The number of nitro groups is 1. The Kier molecular flexibility index (Phi) is 4.47. The standard InChI is InChI=1S/C15H16FN3O2/c1-3-18(11(2)12-5-4-8-17-10-12)15-7-6-13(19(20)21)9-14(15)16/h4-11H,3H2,1-2H3. The molecule has 1 heterocycles. The molecule has 21 heavy (non-hydrogen) atoms. The van der Waals surface area contributed by atoms with Crippen LogP contribution in [0, 0.1) is 15.9 Å². The summed E-state index contributed by atoms with van der Waals surface area (Å²) in [6.45, 7) is 4.43. The van der Waals surface area contributed by atoms with Gasteiger partial charge in [0, 0.05) is 25.0 Å². The van der Waals surface area contributed by atoms with Crippen molar-refractivity contribution in [2.75, 3.05) is 11.4 Å². The summed E-state index contributed by atoms with van der Waals surface area (Å²) in [4.78, 5) is 16.0. The van der Waals surface area contributed by atoms with E-state index < -0.39 is 10.7 Å². The Morgan fingerprint density at radius 2 is 2.19 bits per heavy atom. The number of rotatable bonds is 5. The molecule has 2 aromatic rings. The van der Waals surface area contributed by atoms with E-state index in [1.165, 1.54) is 12.1 Å². The van der Waals surface area contributed by atoms with E-state index in [0.717, 1.165) is 11.6 Å². The Bertz CT molecular complexity index is 634. The van der Waals surface area contributed by atoms with Crippen LogP contribution in [0.15, 0.2) is 42.7 Å². The summed E-state index contributed by atoms with van der Waals surface area (Å²) in [5.41, 5.74) is 1.05. The number of benzene rings is 1. The van der Waals surface area contributed by atoms with E-state index in [1.807, 2.05) is 30.9 Å². The zero-order chi connectivity index (χ0) is 15.4. The average molecular weight is 289 g/mol. The van der Waals surface area contributed by atoms with Gasteiger partial charge in [-0.25, -0.2) is 4.39 Å². The Balaban J connectivity index is 2.35. The van der Waals surface area contributed by atoms with E-state index in [0.29, 0.717) is 12.2 Å². The first kappa shape index (κ1) is 14.9. The molecule has 1 aromatic heterocycles. The lowest BCUT2D eigenvalue weighted by Crippen LogP contribution is -2.27. The van der Waals surface area contributed by atoms with Gasteiger partial charge in [0.15, 0.2) is 5.82 Å². The Hall–Kier alpha value is -2.50. The van der Waals surface area contributed by atoms with E-state index in [-0.39, 0.29) is 11.7 Å². The van der Waals surface area contributed by atoms with Crippen LogP contribution in [0.2, 0.25) is 0 Å². The third-order valence-corrected chi connectivity index (χ3v) is 3.43. The summed E-state index contributed by atoms with van der Waals surface area (Å²) >= 11 is 0. The molecular weight excluding hydrogens is 273 g/mol. The van der Waals surface area contributed by atoms with Crippen LogP contribution in [0.4, 0.5) is 15.8 Å². The van der Waals surface area contributed by atoms with Crippen molar-refractivity contribution in [3.05, 3.63) is 64.2 Å². The van der Waals surface area contributed by atoms with Crippen LogP contribution >= 0.6 is 0 Å². The van der Waals surface area contributed by atoms with Gasteiger partial charge in [-0.1, -0.05) is 6.07 Å². The normalized spacial score (nSPS) is 12.0. The molecule has 0 bridgehead atoms. The Labute approximate surface area is 122 Å². The van der Waals surface area contributed by atoms with Crippen molar-refractivity contribution >= 4 is 11.4 Å². The number of nitrogens with zero attached hydrogens (tertiary/aromatic N) is 3. The van der Waals surface area contributed by atoms with Crippen molar-refractivity contribution in [3.8, 4) is 0 Å². The van der Waals surface area contributed by atoms with Crippen LogP contribution in [0.25, 0.3) is 0 Å². The fraction of sp³-hybridized carbons (Fsp3) is 0.267. The van der Waals surface area contributed by atoms with E-state index in [4.69, 9.17) is 0 Å². The molecule has 1 atom stereocenters. The first-order chi connectivity index (χ1) is 10.0. The number of aromatic nitrogens is 1. The highest BCUT2D eigenvalue weighted by atomic mass is 19.1. The summed E-state index contributed by atoms with van der Waals surface area (Å²) < 4.78 is 14.2. The van der Waals surface area contributed by atoms with Gasteiger partial charge in [0.1, 0.15) is 0 Å². The van der Waals surface area contributed by atoms with Crippen LogP contribution in [0.5, 0.6) is 0 Å². The second kappa shape index (κ2) is 6.30. The maximum atomic E-state index is 14.2. The maximum Gasteiger partial charge on any atom is 0.272 e. The van der Waals surface area contributed by atoms with Gasteiger partial charge in [-0.05, 0) is 31.5 Å². The third-order valence-electron chi connectivity index (χ3n) is 3.43. The highest BCUT2D eigenvalue weighted by Crippen LogP contribution is 2.30. The third kappa shape index (κ3) is 3.16. The SMILES string of the molecule is CCN(c1ccc([N+](=O)[O-])cc1F)C(C)c1cccnc1. The molecule has 0 amide bonds. The van der Waals surface area contributed by atoms with Gasteiger partial charge < -0.3 is 4.90 Å². The number of hydrogen-bond donors (Lipinski definition) is 0. The fourth-order valence-corrected chi connectivity index (χ4v) is 2.30. The molecule has 6 heteroatoms. The second-order valence-electron chi connectivity index (χ2n) is 4.64. The quantitative estimate of drug-likeness (QED) is 0.622. The van der Waals surface area contributed by atoms with Gasteiger partial charge in [-0.3, -0.25) is 15.1 Å². The maximum absolute atomic E-state index is 14.2. The number of nitro benzene ring substituents is 1. The van der Waals surface area contributed by atoms with Crippen molar-refractivity contribution in [3.63, 3.8) is 0 Å². The van der Waals surface area contributed by atoms with Gasteiger partial charge in [-0.15, -0.1) is 0 Å². The smallest absolute Gasteiger partial charge is 0.272 e. The minimum absolute atomic E-state index is 0.0837. The first-order valence-electron chi connectivity index (χ1n) is 6.65. The Morgan fingerprint density at radius 1 is 1.43 bits per heavy atom. The number of anilines is 1. The topological polar surface area (TPSA) is 59.3 Å². The van der Waals surface area contributed by atoms with Crippen molar-refractivity contribution < 1.29 is 9.31 Å². The van der Waals surface area contributed by atoms with Crippen LogP contribution in [0.1, 0.15) is 25.5 Å². The van der Waals surface area contributed by atoms with Gasteiger partial charge in [0.2, 0.25) is 0 Å². The monoisotopic (exact) mass is 289 g/mol. The molecule has 1 unspecified atom stereocenters. The molecular formula is C15H16FN3O2. The zero-order valence-corrected chi connectivity index (χ0v) is 11.9. The average Bonchev–Trinajstić information content (AvgIpc) is 2.50. The summed E-state index contributed by atoms with van der Waals surface area (Å²) in [5, 5.41) is 10.7. The lowest BCUT2D eigenvalue weighted by atomic mass is 10.1. The summed E-state index contributed by atoms with van der Waals surface area (Å²) in [6.07, 6.45) is 3.41. The van der Waals surface area contributed by atoms with Crippen molar-refractivity contribution in [1.82, 2.24) is 4.98 Å². The molecule has 0 aliphatic carbocycles. The highest BCUT2D eigenvalue weighted by Gasteiger charge is 2.20. The molecule has 0 aliphatic rings. The Morgan fingerprint density at radius 3 is 2.71 bits per heavy atom. The second-order valence-corrected chi connectivity index (χ2v) is 4.64. The number of hydrogen-bond acceptors (Lipinski definition) is 4. The molecule has 0 saturated heterocycles. The van der Waals surface area contributed by atoms with Crippen LogP contribution < -0.4 is 4.90 Å². The van der Waals surface area contributed by atoms with Crippen LogP contribution in [0.3, 0.4) is 0 Å². The zero-order valence-electron chi connectivity index (χ0n) is 11.9. The van der Waals surface area contributed by atoms with E-state index in [9.17, 15) is 14.5 Å². The van der Waals surface area contributed by atoms with Gasteiger partial charge in [0.25, 0.3) is 5.69 Å². The number of pyridine rings is 1. The van der Waals surface area contributed by atoms with E-state index in [1.54, 1.807) is 12.4 Å². The molecule has 0 fully saturated rings. The summed E-state index contributed by atoms with van der Waals surface area (Å²) in [6, 6.07) is 7.38. The summed E-state index contributed by atoms with van der Waals surface area (Å²) in [5.74, 6) is -0.596. The first-order valence-corrected chi connectivity index (χ1v) is 6.65. The lowest BCUT2D eigenvalue weighted by molar-refractivity contribution is -0.385. The summed E-state index contributed by atoms with van der Waals surface area (Å²) in [7, 11) is 0. The molecule has 0 saturated carbocycles. The molecule has 1 aromatic carbocycles. The molecule has 0 aliphatic heterocycles. The van der Waals surface area contributed by atoms with Gasteiger partial charge >= 0.3 is 0 Å². The predicted octanol–water partition coefficient (Wildman–Crippen LogP) is 3.72. The van der Waals surface area contributed by atoms with Crippen LogP contribution in [-0.2, 0) is 0 Å². The largest absolute Gasteiger partial charge is 0.363 e. The van der Waals surface area contributed by atoms with Crippen LogP contribution in [-0.4, -0.2) is 16.5 Å². The van der Waals surface area contributed by atoms with Crippen molar-refractivity contribution in [1.29, 1.82) is 0 Å². The van der Waals surface area contributed by atoms with E-state index in [2.05, 4.69) is 4.98 Å². The van der Waals surface area contributed by atoms with Crippen molar-refractivity contribution in [2.24, 2.45) is 0 Å². The molecule has 5 nitrogen and oxygen atoms in total. The molecule has 2 rings (SSSR count). The van der Waals surface area contributed by atoms with Gasteiger partial charge in [0.05, 0.1) is 22.7 Å². The molecule has 0 N–H and O–H groups in total. The molecule has 110 valence electrons. The van der Waals surface area contributed by atoms with Gasteiger partial charge in [-0.2, -0.15) is 0 Å².